The molecule has 0 aliphatic heterocycles. The highest BCUT2D eigenvalue weighted by atomic mass is 16.5. The molecule has 0 atom stereocenters. The number of rotatable bonds is 14. The second-order valence-corrected chi connectivity index (χ2v) is 9.72. The topological polar surface area (TPSA) is 36.9 Å². The first-order valence-corrected chi connectivity index (χ1v) is 10.9. The number of hydrogen-bond donors (Lipinski definition) is 0. The van der Waals surface area contributed by atoms with Gasteiger partial charge in [0.15, 0.2) is 0 Å². The van der Waals surface area contributed by atoms with Crippen LogP contribution >= 0.6 is 0 Å². The highest BCUT2D eigenvalue weighted by molar-refractivity contribution is 4.85. The SMILES string of the molecule is COCC(CCC(C)C)(COC)C(C)C.COCC(COC)(C(C)C)C(C)C. The molecular formula is C24H52O4. The molecule has 0 aromatic heterocycles. The third-order valence-electron chi connectivity index (χ3n) is 6.43. The van der Waals surface area contributed by atoms with E-state index in [0.717, 1.165) is 32.3 Å². The Hall–Kier alpha value is -0.160. The molecule has 28 heavy (non-hydrogen) atoms. The Bertz CT molecular complexity index is 329. The fourth-order valence-electron chi connectivity index (χ4n) is 3.87. The van der Waals surface area contributed by atoms with Crippen molar-refractivity contribution in [3.63, 3.8) is 0 Å². The molecule has 0 saturated carbocycles. The van der Waals surface area contributed by atoms with Gasteiger partial charge < -0.3 is 18.9 Å². The molecule has 0 radical (unpaired) electrons. The largest absolute Gasteiger partial charge is 0.384 e. The quantitative estimate of drug-likeness (QED) is 0.359. The van der Waals surface area contributed by atoms with E-state index >= 15 is 0 Å². The first-order chi connectivity index (χ1) is 13.0. The number of hydrogen-bond acceptors (Lipinski definition) is 4. The molecular weight excluding hydrogens is 352 g/mol. The van der Waals surface area contributed by atoms with Crippen molar-refractivity contribution in [2.24, 2.45) is 34.5 Å². The average molecular weight is 405 g/mol. The summed E-state index contributed by atoms with van der Waals surface area (Å²) in [4.78, 5) is 0. The molecule has 0 bridgehead atoms. The van der Waals surface area contributed by atoms with Crippen LogP contribution in [0.3, 0.4) is 0 Å². The van der Waals surface area contributed by atoms with Crippen molar-refractivity contribution in [1.82, 2.24) is 0 Å². The summed E-state index contributed by atoms with van der Waals surface area (Å²) in [7, 11) is 7.08. The first kappa shape index (κ1) is 30.0. The molecule has 172 valence electrons. The second-order valence-electron chi connectivity index (χ2n) is 9.72. The zero-order chi connectivity index (χ0) is 22.4. The minimum atomic E-state index is 0.156. The van der Waals surface area contributed by atoms with Crippen LogP contribution in [0.5, 0.6) is 0 Å². The van der Waals surface area contributed by atoms with Crippen molar-refractivity contribution < 1.29 is 18.9 Å². The summed E-state index contributed by atoms with van der Waals surface area (Å²) < 4.78 is 21.4. The van der Waals surface area contributed by atoms with Crippen LogP contribution in [0.15, 0.2) is 0 Å². The second kappa shape index (κ2) is 15.6. The van der Waals surface area contributed by atoms with E-state index in [2.05, 4.69) is 55.4 Å². The molecule has 0 saturated heterocycles. The summed E-state index contributed by atoms with van der Waals surface area (Å²) in [6.45, 7) is 21.1. The molecule has 0 unspecified atom stereocenters. The van der Waals surface area contributed by atoms with Crippen molar-refractivity contribution in [1.29, 1.82) is 0 Å². The molecule has 0 rings (SSSR count). The fraction of sp³-hybridized carbons (Fsp3) is 1.00. The van der Waals surface area contributed by atoms with E-state index in [4.69, 9.17) is 18.9 Å². The van der Waals surface area contributed by atoms with E-state index in [1.807, 2.05) is 0 Å². The van der Waals surface area contributed by atoms with Crippen molar-refractivity contribution in [3.8, 4) is 0 Å². The van der Waals surface area contributed by atoms with Crippen molar-refractivity contribution >= 4 is 0 Å². The molecule has 0 aliphatic rings. The summed E-state index contributed by atoms with van der Waals surface area (Å²) in [6, 6.07) is 0. The van der Waals surface area contributed by atoms with E-state index < -0.39 is 0 Å². The normalized spacial score (nSPS) is 12.9. The maximum Gasteiger partial charge on any atom is 0.0545 e. The zero-order valence-corrected chi connectivity index (χ0v) is 21.2. The van der Waals surface area contributed by atoms with E-state index in [-0.39, 0.29) is 10.8 Å². The third kappa shape index (κ3) is 10.0. The first-order valence-electron chi connectivity index (χ1n) is 10.9. The maximum atomic E-state index is 5.37. The van der Waals surface area contributed by atoms with Crippen LogP contribution in [0.4, 0.5) is 0 Å². The van der Waals surface area contributed by atoms with E-state index in [9.17, 15) is 0 Å². The molecule has 0 N–H and O–H groups in total. The molecule has 0 aromatic rings. The van der Waals surface area contributed by atoms with Gasteiger partial charge in [0.1, 0.15) is 0 Å². The Labute approximate surface area is 177 Å². The molecule has 0 aliphatic carbocycles. The van der Waals surface area contributed by atoms with Crippen LogP contribution in [0.2, 0.25) is 0 Å². The van der Waals surface area contributed by atoms with Gasteiger partial charge in [-0.1, -0.05) is 61.8 Å². The smallest absolute Gasteiger partial charge is 0.0545 e. The van der Waals surface area contributed by atoms with Crippen LogP contribution in [0.1, 0.15) is 68.2 Å². The van der Waals surface area contributed by atoms with Gasteiger partial charge in [-0.25, -0.2) is 0 Å². The lowest BCUT2D eigenvalue weighted by Crippen LogP contribution is -2.41. The highest BCUT2D eigenvalue weighted by Crippen LogP contribution is 2.36. The minimum absolute atomic E-state index is 0.156. The Kier molecular flexibility index (Phi) is 16.8. The number of ether oxygens (including phenoxy) is 4. The van der Waals surface area contributed by atoms with E-state index in [1.54, 1.807) is 28.4 Å². The summed E-state index contributed by atoms with van der Waals surface area (Å²) >= 11 is 0. The number of methoxy groups -OCH3 is 4. The fourth-order valence-corrected chi connectivity index (χ4v) is 3.87. The standard InChI is InChI=1S/C13H28O2.C11H24O2/c1-11(2)7-8-13(9-14-5,10-15-6)12(3)4;1-9(2)11(7-12-5,8-13-6)10(3)4/h11-12H,7-10H2,1-6H3;9-10H,7-8H2,1-6H3. The lowest BCUT2D eigenvalue weighted by molar-refractivity contribution is -0.0514. The average Bonchev–Trinajstić information content (AvgIpc) is 2.59. The Morgan fingerprint density at radius 2 is 0.893 bits per heavy atom. The monoisotopic (exact) mass is 404 g/mol. The van der Waals surface area contributed by atoms with Crippen LogP contribution in [0, 0.1) is 34.5 Å². The lowest BCUT2D eigenvalue weighted by Gasteiger charge is -2.40. The van der Waals surface area contributed by atoms with Gasteiger partial charge in [0.05, 0.1) is 26.4 Å². The van der Waals surface area contributed by atoms with Crippen molar-refractivity contribution in [2.75, 3.05) is 54.9 Å². The third-order valence-corrected chi connectivity index (χ3v) is 6.43. The van der Waals surface area contributed by atoms with Gasteiger partial charge in [-0.05, 0) is 30.1 Å². The van der Waals surface area contributed by atoms with Crippen molar-refractivity contribution in [3.05, 3.63) is 0 Å². The molecule has 0 fully saturated rings. The molecule has 0 spiro atoms. The van der Waals surface area contributed by atoms with Crippen LogP contribution < -0.4 is 0 Å². The molecule has 0 heterocycles. The molecule has 0 amide bonds. The highest BCUT2D eigenvalue weighted by Gasteiger charge is 2.37. The Balaban J connectivity index is 0. The maximum absolute atomic E-state index is 5.37. The van der Waals surface area contributed by atoms with Crippen LogP contribution in [0.25, 0.3) is 0 Å². The molecule has 4 heteroatoms. The predicted octanol–water partition coefficient (Wildman–Crippen LogP) is 5.94. The summed E-state index contributed by atoms with van der Waals surface area (Å²) in [5, 5.41) is 0. The minimum Gasteiger partial charge on any atom is -0.384 e. The Morgan fingerprint density at radius 3 is 1.11 bits per heavy atom. The van der Waals surface area contributed by atoms with Gasteiger partial charge in [0.2, 0.25) is 0 Å². The van der Waals surface area contributed by atoms with Gasteiger partial charge in [-0.3, -0.25) is 0 Å². The van der Waals surface area contributed by atoms with E-state index in [0.29, 0.717) is 17.8 Å². The van der Waals surface area contributed by atoms with Gasteiger partial charge >= 0.3 is 0 Å². The summed E-state index contributed by atoms with van der Waals surface area (Å²) in [5.74, 6) is 2.49. The summed E-state index contributed by atoms with van der Waals surface area (Å²) in [6.07, 6.45) is 2.43. The molecule has 0 aromatic carbocycles. The predicted molar refractivity (Wildman–Crippen MR) is 121 cm³/mol. The lowest BCUT2D eigenvalue weighted by atomic mass is 9.70. The van der Waals surface area contributed by atoms with Crippen LogP contribution in [-0.4, -0.2) is 54.9 Å². The molecule has 4 nitrogen and oxygen atoms in total. The zero-order valence-electron chi connectivity index (χ0n) is 21.2. The summed E-state index contributed by atoms with van der Waals surface area (Å²) in [5.41, 5.74) is 0.345. The van der Waals surface area contributed by atoms with Gasteiger partial charge in [-0.15, -0.1) is 0 Å². The van der Waals surface area contributed by atoms with Crippen LogP contribution in [-0.2, 0) is 18.9 Å². The van der Waals surface area contributed by atoms with E-state index in [1.165, 1.54) is 12.8 Å². The van der Waals surface area contributed by atoms with Gasteiger partial charge in [-0.2, -0.15) is 0 Å². The van der Waals surface area contributed by atoms with Crippen molar-refractivity contribution in [2.45, 2.75) is 68.2 Å². The van der Waals surface area contributed by atoms with Gasteiger partial charge in [0, 0.05) is 39.3 Å². The Morgan fingerprint density at radius 1 is 0.536 bits per heavy atom. The van der Waals surface area contributed by atoms with Gasteiger partial charge in [0.25, 0.3) is 0 Å².